The van der Waals surface area contributed by atoms with Gasteiger partial charge in [0.25, 0.3) is 5.88 Å². The zero-order valence-corrected chi connectivity index (χ0v) is 21.7. The third-order valence-electron chi connectivity index (χ3n) is 7.52. The van der Waals surface area contributed by atoms with E-state index in [2.05, 4.69) is 36.0 Å². The second-order valence-corrected chi connectivity index (χ2v) is 10.2. The van der Waals surface area contributed by atoms with Crippen molar-refractivity contribution < 1.29 is 19.4 Å². The number of carbonyl (C=O) groups excluding carboxylic acids is 1. The molecule has 2 aromatic heterocycles. The Kier molecular flexibility index (Phi) is 6.63. The van der Waals surface area contributed by atoms with Crippen molar-refractivity contribution in [3.05, 3.63) is 41.0 Å². The molecule has 0 atom stereocenters. The molecule has 0 spiro atoms. The molecule has 2 aliphatic rings. The second-order valence-electron chi connectivity index (χ2n) is 10.2. The van der Waals surface area contributed by atoms with Crippen LogP contribution >= 0.6 is 0 Å². The number of carboxylic acid groups (broad SMARTS) is 1. The van der Waals surface area contributed by atoms with Crippen LogP contribution in [-0.4, -0.2) is 37.9 Å². The van der Waals surface area contributed by atoms with Crippen molar-refractivity contribution in [2.75, 3.05) is 4.90 Å². The van der Waals surface area contributed by atoms with Gasteiger partial charge in [-0.15, -0.1) is 5.10 Å². The number of aliphatic carboxylic acids is 1. The molecule has 2 heterocycles. The van der Waals surface area contributed by atoms with Crippen molar-refractivity contribution in [3.8, 4) is 17.7 Å². The Labute approximate surface area is 216 Å². The number of amides is 1. The lowest BCUT2D eigenvalue weighted by molar-refractivity contribution is -0.143. The molecule has 0 saturated heterocycles. The standard InChI is InChI=1S/C29H32N4O4/c1-5-6-26(34)33(24-16-18(3)17(2)15-22(24)19-7-8-19)25-14-13-23-27(30-25)28(31-32(23)4)37-21-11-9-20(10-12-21)29(35)36/h13-16,19-21H,7-12H2,1-4H3,(H,35,36). The second kappa shape index (κ2) is 9.89. The number of rotatable bonds is 6. The van der Waals surface area contributed by atoms with Gasteiger partial charge in [-0.25, -0.2) is 4.98 Å². The topological polar surface area (TPSA) is 97.6 Å². The molecule has 3 aromatic rings. The summed E-state index contributed by atoms with van der Waals surface area (Å²) in [6, 6.07) is 7.97. The van der Waals surface area contributed by atoms with Gasteiger partial charge < -0.3 is 9.84 Å². The van der Waals surface area contributed by atoms with Crippen LogP contribution in [0, 0.1) is 31.6 Å². The summed E-state index contributed by atoms with van der Waals surface area (Å²) < 4.78 is 7.97. The van der Waals surface area contributed by atoms with Crippen LogP contribution < -0.4 is 9.64 Å². The Bertz CT molecular complexity index is 1440. The average Bonchev–Trinajstić information content (AvgIpc) is 3.67. The summed E-state index contributed by atoms with van der Waals surface area (Å²) in [6.07, 6.45) is 4.56. The van der Waals surface area contributed by atoms with E-state index < -0.39 is 5.97 Å². The first-order chi connectivity index (χ1) is 17.8. The number of hydrogen-bond donors (Lipinski definition) is 1. The Morgan fingerprint density at radius 2 is 1.78 bits per heavy atom. The molecule has 2 saturated carbocycles. The highest BCUT2D eigenvalue weighted by atomic mass is 16.5. The van der Waals surface area contributed by atoms with Gasteiger partial charge in [0.05, 0.1) is 17.1 Å². The van der Waals surface area contributed by atoms with E-state index in [1.165, 1.54) is 5.56 Å². The fraction of sp³-hybridized carbons (Fsp3) is 0.448. The van der Waals surface area contributed by atoms with Crippen molar-refractivity contribution in [1.29, 1.82) is 0 Å². The number of fused-ring (bicyclic) bond motifs is 1. The van der Waals surface area contributed by atoms with E-state index in [1.54, 1.807) is 16.5 Å². The van der Waals surface area contributed by atoms with Crippen LogP contribution in [0.4, 0.5) is 11.5 Å². The number of pyridine rings is 1. The molecular formula is C29H32N4O4. The Morgan fingerprint density at radius 1 is 1.08 bits per heavy atom. The van der Waals surface area contributed by atoms with E-state index in [0.29, 0.717) is 48.8 Å². The molecule has 8 heteroatoms. The monoisotopic (exact) mass is 500 g/mol. The largest absolute Gasteiger partial charge is 0.481 e. The smallest absolute Gasteiger partial charge is 0.308 e. The zero-order valence-electron chi connectivity index (χ0n) is 21.7. The fourth-order valence-corrected chi connectivity index (χ4v) is 5.12. The Morgan fingerprint density at radius 3 is 2.43 bits per heavy atom. The van der Waals surface area contributed by atoms with Crippen molar-refractivity contribution in [2.45, 2.75) is 71.3 Å². The molecule has 1 aromatic carbocycles. The van der Waals surface area contributed by atoms with E-state index in [-0.39, 0.29) is 17.9 Å². The molecule has 1 amide bonds. The third-order valence-corrected chi connectivity index (χ3v) is 7.52. The molecule has 2 aliphatic carbocycles. The lowest BCUT2D eigenvalue weighted by atomic mass is 9.87. The minimum Gasteiger partial charge on any atom is -0.481 e. The predicted molar refractivity (Wildman–Crippen MR) is 141 cm³/mol. The number of aromatic nitrogens is 3. The van der Waals surface area contributed by atoms with Crippen molar-refractivity contribution in [2.24, 2.45) is 13.0 Å². The van der Waals surface area contributed by atoms with Crippen molar-refractivity contribution in [3.63, 3.8) is 0 Å². The number of aryl methyl sites for hydroxylation is 3. The van der Waals surface area contributed by atoms with E-state index in [1.807, 2.05) is 26.1 Å². The fourth-order valence-electron chi connectivity index (χ4n) is 5.12. The van der Waals surface area contributed by atoms with Gasteiger partial charge in [-0.05, 0) is 106 Å². The van der Waals surface area contributed by atoms with Crippen LogP contribution in [0.3, 0.4) is 0 Å². The lowest BCUT2D eigenvalue weighted by Crippen LogP contribution is -2.28. The van der Waals surface area contributed by atoms with E-state index in [9.17, 15) is 14.7 Å². The van der Waals surface area contributed by atoms with Gasteiger partial charge in [-0.1, -0.05) is 12.0 Å². The van der Waals surface area contributed by atoms with Crippen LogP contribution in [0.15, 0.2) is 24.3 Å². The molecule has 0 bridgehead atoms. The third kappa shape index (κ3) is 4.91. The molecular weight excluding hydrogens is 468 g/mol. The van der Waals surface area contributed by atoms with Gasteiger partial charge in [0, 0.05) is 7.05 Å². The number of hydrogen-bond acceptors (Lipinski definition) is 5. The lowest BCUT2D eigenvalue weighted by Gasteiger charge is -2.26. The number of anilines is 2. The first-order valence-electron chi connectivity index (χ1n) is 12.9. The van der Waals surface area contributed by atoms with Crippen molar-refractivity contribution >= 4 is 34.4 Å². The molecule has 0 radical (unpaired) electrons. The SMILES string of the molecule is CC#CC(=O)N(c1ccc2c(n1)c(OC1CCC(C(=O)O)CC1)nn2C)c1cc(C)c(C)cc1C1CC1. The summed E-state index contributed by atoms with van der Waals surface area (Å²) in [6.45, 7) is 5.80. The minimum absolute atomic E-state index is 0.121. The van der Waals surface area contributed by atoms with Gasteiger partial charge in [0.1, 0.15) is 11.9 Å². The molecule has 37 heavy (non-hydrogen) atoms. The maximum absolute atomic E-state index is 13.4. The average molecular weight is 501 g/mol. The summed E-state index contributed by atoms with van der Waals surface area (Å²) in [5.41, 5.74) is 5.63. The molecule has 0 aliphatic heterocycles. The highest BCUT2D eigenvalue weighted by Gasteiger charge is 2.32. The molecule has 2 fully saturated rings. The molecule has 0 unspecified atom stereocenters. The van der Waals surface area contributed by atoms with Crippen LogP contribution in [0.2, 0.25) is 0 Å². The van der Waals surface area contributed by atoms with Gasteiger partial charge >= 0.3 is 11.9 Å². The summed E-state index contributed by atoms with van der Waals surface area (Å²) in [4.78, 5) is 31.2. The van der Waals surface area contributed by atoms with Gasteiger partial charge in [0.15, 0.2) is 5.52 Å². The van der Waals surface area contributed by atoms with E-state index in [4.69, 9.17) is 9.72 Å². The normalized spacial score (nSPS) is 19.2. The number of ether oxygens (including phenoxy) is 1. The number of carboxylic acids is 1. The first-order valence-corrected chi connectivity index (χ1v) is 12.9. The highest BCUT2D eigenvalue weighted by molar-refractivity contribution is 6.11. The van der Waals surface area contributed by atoms with Crippen LogP contribution in [-0.2, 0) is 16.6 Å². The summed E-state index contributed by atoms with van der Waals surface area (Å²) >= 11 is 0. The summed E-state index contributed by atoms with van der Waals surface area (Å²) in [7, 11) is 1.83. The maximum Gasteiger partial charge on any atom is 0.308 e. The first kappa shape index (κ1) is 24.8. The minimum atomic E-state index is -0.745. The summed E-state index contributed by atoms with van der Waals surface area (Å²) in [5, 5.41) is 13.9. The van der Waals surface area contributed by atoms with Gasteiger partial charge in [-0.3, -0.25) is 19.2 Å². The Hall–Kier alpha value is -3.86. The molecule has 5 rings (SSSR count). The van der Waals surface area contributed by atoms with Gasteiger partial charge in [-0.2, -0.15) is 0 Å². The zero-order chi connectivity index (χ0) is 26.3. The number of nitrogens with zero attached hydrogens (tertiary/aromatic N) is 4. The molecule has 8 nitrogen and oxygen atoms in total. The van der Waals surface area contributed by atoms with E-state index >= 15 is 0 Å². The number of benzene rings is 1. The maximum atomic E-state index is 13.4. The summed E-state index contributed by atoms with van der Waals surface area (Å²) in [5.74, 6) is 5.35. The van der Waals surface area contributed by atoms with Crippen LogP contribution in [0.25, 0.3) is 11.0 Å². The molecule has 192 valence electrons. The van der Waals surface area contributed by atoms with E-state index in [0.717, 1.165) is 35.2 Å². The van der Waals surface area contributed by atoms with Gasteiger partial charge in [0.2, 0.25) is 0 Å². The highest BCUT2D eigenvalue weighted by Crippen LogP contribution is 2.46. The quantitative estimate of drug-likeness (QED) is 0.469. The predicted octanol–water partition coefficient (Wildman–Crippen LogP) is 5.17. The molecule has 1 N–H and O–H groups in total. The Balaban J connectivity index is 1.55. The van der Waals surface area contributed by atoms with Crippen LogP contribution in [0.5, 0.6) is 5.88 Å². The number of carbonyl (C=O) groups is 2. The van der Waals surface area contributed by atoms with Crippen molar-refractivity contribution in [1.82, 2.24) is 14.8 Å². The van der Waals surface area contributed by atoms with Crippen LogP contribution in [0.1, 0.15) is 68.1 Å².